The third-order valence-electron chi connectivity index (χ3n) is 6.51. The molecule has 0 bridgehead atoms. The Morgan fingerprint density at radius 1 is 1.20 bits per heavy atom. The molecule has 5 rings (SSSR count). The van der Waals surface area contributed by atoms with Crippen molar-refractivity contribution in [3.63, 3.8) is 0 Å². The molecule has 14 heteroatoms. The maximum absolute atomic E-state index is 11.6. The number of halogens is 2. The smallest absolute Gasteiger partial charge is 0.291 e. The molecule has 0 spiro atoms. The molecule has 0 saturated carbocycles. The van der Waals surface area contributed by atoms with E-state index >= 15 is 0 Å². The number of nitrogens with zero attached hydrogens (tertiary/aromatic N) is 5. The van der Waals surface area contributed by atoms with Gasteiger partial charge in [0.05, 0.1) is 24.5 Å². The Morgan fingerprint density at radius 2 is 1.90 bits per heavy atom. The zero-order valence-corrected chi connectivity index (χ0v) is 23.2. The molecule has 0 radical (unpaired) electrons. The second kappa shape index (κ2) is 13.2. The maximum Gasteiger partial charge on any atom is 0.291 e. The van der Waals surface area contributed by atoms with Crippen LogP contribution in [0.3, 0.4) is 0 Å². The summed E-state index contributed by atoms with van der Waals surface area (Å²) in [4.78, 5) is 28.2. The lowest BCUT2D eigenvalue weighted by Crippen LogP contribution is -2.48. The van der Waals surface area contributed by atoms with Gasteiger partial charge in [-0.05, 0) is 36.4 Å². The van der Waals surface area contributed by atoms with Gasteiger partial charge in [0.15, 0.2) is 0 Å². The van der Waals surface area contributed by atoms with Crippen molar-refractivity contribution in [2.24, 2.45) is 0 Å². The van der Waals surface area contributed by atoms with Gasteiger partial charge >= 0.3 is 0 Å². The van der Waals surface area contributed by atoms with Crippen LogP contribution in [0.2, 0.25) is 10.0 Å². The van der Waals surface area contributed by atoms with E-state index in [4.69, 9.17) is 52.7 Å². The van der Waals surface area contributed by atoms with Crippen LogP contribution in [0.5, 0.6) is 5.75 Å². The molecule has 2 aromatic carbocycles. The number of rotatable bonds is 7. The monoisotopic (exact) mass is 593 g/mol. The number of benzene rings is 2. The second-order valence-corrected chi connectivity index (χ2v) is 10.0. The summed E-state index contributed by atoms with van der Waals surface area (Å²) >= 11 is 12.7. The van der Waals surface area contributed by atoms with Crippen LogP contribution in [0.15, 0.2) is 61.2 Å². The molecule has 0 unspecified atom stereocenters. The zero-order valence-electron chi connectivity index (χ0n) is 21.7. The highest BCUT2D eigenvalue weighted by atomic mass is 35.5. The fraction of sp³-hybridized carbons (Fsp3) is 0.385. The van der Waals surface area contributed by atoms with E-state index in [1.807, 2.05) is 46.0 Å². The van der Waals surface area contributed by atoms with Crippen LogP contribution in [-0.2, 0) is 26.6 Å². The van der Waals surface area contributed by atoms with Crippen molar-refractivity contribution >= 4 is 34.8 Å². The number of aromatic nitrogens is 2. The predicted molar refractivity (Wildman–Crippen MR) is 146 cm³/mol. The van der Waals surface area contributed by atoms with Gasteiger partial charge in [-0.3, -0.25) is 4.79 Å². The van der Waals surface area contributed by atoms with E-state index in [1.165, 1.54) is 0 Å². The number of carbonyl (C=O) groups excluding carboxylic acids is 1. The third-order valence-corrected chi connectivity index (χ3v) is 7.06. The van der Waals surface area contributed by atoms with Crippen molar-refractivity contribution < 1.29 is 29.3 Å². The van der Waals surface area contributed by atoms with Gasteiger partial charge in [-0.25, -0.2) is 4.98 Å². The van der Waals surface area contributed by atoms with Crippen LogP contribution in [-0.4, -0.2) is 76.1 Å². The molecule has 1 N–H and O–H groups in total. The Hall–Kier alpha value is -3.58. The van der Waals surface area contributed by atoms with Crippen molar-refractivity contribution in [2.75, 3.05) is 44.3 Å². The van der Waals surface area contributed by atoms with E-state index < -0.39 is 10.9 Å². The van der Waals surface area contributed by atoms with Crippen molar-refractivity contribution in [3.05, 3.63) is 86.9 Å². The molecule has 3 heterocycles. The van der Waals surface area contributed by atoms with E-state index in [9.17, 15) is 4.79 Å². The fourth-order valence-corrected chi connectivity index (χ4v) is 5.15. The second-order valence-electron chi connectivity index (χ2n) is 9.20. The molecule has 40 heavy (non-hydrogen) atoms. The Labute approximate surface area is 240 Å². The largest absolute Gasteiger partial charge is 0.491 e. The molecule has 1 aromatic heterocycles. The Bertz CT molecular complexity index is 1280. The molecule has 2 atom stereocenters. The van der Waals surface area contributed by atoms with Crippen LogP contribution in [0, 0.1) is 10.1 Å². The van der Waals surface area contributed by atoms with E-state index in [1.54, 1.807) is 31.6 Å². The highest BCUT2D eigenvalue weighted by molar-refractivity contribution is 6.35. The number of carbonyl (C=O) groups is 1. The van der Waals surface area contributed by atoms with Crippen molar-refractivity contribution in [1.29, 1.82) is 0 Å². The van der Waals surface area contributed by atoms with Gasteiger partial charge in [-0.1, -0.05) is 29.3 Å². The lowest BCUT2D eigenvalue weighted by atomic mass is 10.1. The number of imidazole rings is 1. The first-order valence-electron chi connectivity index (χ1n) is 12.4. The van der Waals surface area contributed by atoms with Gasteiger partial charge in [0.25, 0.3) is 5.09 Å². The number of hydrogen-bond acceptors (Lipinski definition) is 8. The molecule has 2 saturated heterocycles. The summed E-state index contributed by atoms with van der Waals surface area (Å²) in [5.74, 6) is -0.201. The van der Waals surface area contributed by atoms with Crippen LogP contribution in [0.25, 0.3) is 0 Å². The lowest BCUT2D eigenvalue weighted by molar-refractivity contribution is -0.742. The molecule has 3 aromatic rings. The highest BCUT2D eigenvalue weighted by Gasteiger charge is 2.45. The SMILES string of the molecule is CC(=O)N1CCN(c2ccc(OC[C@H]3CO[C@](Cn4ccnc4)(c4ccc(Cl)cc4Cl)O3)cc2)CC1.O=[N+]([O-])O. The van der Waals surface area contributed by atoms with Gasteiger partial charge in [0.1, 0.15) is 18.5 Å². The minimum atomic E-state index is -1.50. The van der Waals surface area contributed by atoms with Gasteiger partial charge in [-0.2, -0.15) is 0 Å². The molecule has 2 aliphatic rings. The molecule has 1 amide bonds. The van der Waals surface area contributed by atoms with Crippen LogP contribution >= 0.6 is 23.2 Å². The first-order chi connectivity index (χ1) is 19.1. The van der Waals surface area contributed by atoms with Gasteiger partial charge in [0.2, 0.25) is 11.7 Å². The minimum absolute atomic E-state index is 0.129. The molecule has 0 aliphatic carbocycles. The number of ether oxygens (including phenoxy) is 3. The average molecular weight is 594 g/mol. The van der Waals surface area contributed by atoms with Crippen LogP contribution < -0.4 is 9.64 Å². The number of anilines is 1. The summed E-state index contributed by atoms with van der Waals surface area (Å²) in [7, 11) is 0. The van der Waals surface area contributed by atoms with E-state index in [0.29, 0.717) is 35.4 Å². The molecule has 2 aliphatic heterocycles. The van der Waals surface area contributed by atoms with E-state index in [2.05, 4.69) is 9.88 Å². The molecule has 2 fully saturated rings. The molecular weight excluding hydrogens is 565 g/mol. The summed E-state index contributed by atoms with van der Waals surface area (Å²) in [5.41, 5.74) is 1.82. The number of hydrogen-bond donors (Lipinski definition) is 1. The topological polar surface area (TPSA) is 132 Å². The van der Waals surface area contributed by atoms with Crippen molar-refractivity contribution in [3.8, 4) is 5.75 Å². The first kappa shape index (κ1) is 29.4. The quantitative estimate of drug-likeness (QED) is 0.320. The number of piperazine rings is 1. The first-order valence-corrected chi connectivity index (χ1v) is 13.2. The number of amides is 1. The summed E-state index contributed by atoms with van der Waals surface area (Å²) in [6, 6.07) is 13.3. The highest BCUT2D eigenvalue weighted by Crippen LogP contribution is 2.40. The summed E-state index contributed by atoms with van der Waals surface area (Å²) < 4.78 is 20.6. The summed E-state index contributed by atoms with van der Waals surface area (Å²) in [5, 5.41) is 14.7. The summed E-state index contributed by atoms with van der Waals surface area (Å²) in [6.07, 6.45) is 4.98. The Morgan fingerprint density at radius 3 is 2.50 bits per heavy atom. The van der Waals surface area contributed by atoms with Gasteiger partial charge < -0.3 is 33.8 Å². The average Bonchev–Trinajstić information content (AvgIpc) is 3.58. The van der Waals surface area contributed by atoms with Gasteiger partial charge in [0, 0.05) is 61.8 Å². The van der Waals surface area contributed by atoms with Crippen molar-refractivity contribution in [2.45, 2.75) is 25.4 Å². The Balaban J connectivity index is 0.000000867. The normalized spacial score (nSPS) is 20.5. The Kier molecular flexibility index (Phi) is 9.69. The van der Waals surface area contributed by atoms with Crippen LogP contribution in [0.1, 0.15) is 12.5 Å². The predicted octanol–water partition coefficient (Wildman–Crippen LogP) is 3.86. The maximum atomic E-state index is 11.6. The van der Waals surface area contributed by atoms with E-state index in [-0.39, 0.29) is 12.0 Å². The summed E-state index contributed by atoms with van der Waals surface area (Å²) in [6.45, 7) is 5.80. The molecule has 214 valence electrons. The fourth-order valence-electron chi connectivity index (χ4n) is 4.60. The third kappa shape index (κ3) is 7.54. The lowest BCUT2D eigenvalue weighted by Gasteiger charge is -2.35. The van der Waals surface area contributed by atoms with E-state index in [0.717, 1.165) is 37.6 Å². The van der Waals surface area contributed by atoms with Crippen LogP contribution in [0.4, 0.5) is 5.69 Å². The molecular formula is C26H29Cl2N5O7. The standard InChI is InChI=1S/C26H28Cl2N4O4.HNO3/c1-19(33)31-10-12-32(13-11-31)21-3-5-22(6-4-21)34-15-23-16-35-26(36-23,17-30-9-8-29-18-30)24-7-2-20(27)14-25(24)28;2-1(3)4/h2-9,14,18,23H,10-13,15-17H2,1H3;(H,2,3,4)/t23-,26-;/m0./s1. The zero-order chi connectivity index (χ0) is 28.7. The van der Waals surface area contributed by atoms with Gasteiger partial charge in [-0.15, -0.1) is 10.1 Å². The molecule has 12 nitrogen and oxygen atoms in total. The minimum Gasteiger partial charge on any atom is -0.491 e. The van der Waals surface area contributed by atoms with Crippen molar-refractivity contribution in [1.82, 2.24) is 14.5 Å².